The van der Waals surface area contributed by atoms with Crippen molar-refractivity contribution in [1.82, 2.24) is 9.97 Å². The summed E-state index contributed by atoms with van der Waals surface area (Å²) in [7, 11) is 0. The van der Waals surface area contributed by atoms with Crippen LogP contribution in [0.4, 0.5) is 11.4 Å². The maximum atomic E-state index is 12.7. The largest absolute Gasteiger partial charge is 0.461 e. The van der Waals surface area contributed by atoms with Gasteiger partial charge in [-0.25, -0.2) is 0 Å². The van der Waals surface area contributed by atoms with E-state index in [2.05, 4.69) is 15.3 Å². The summed E-state index contributed by atoms with van der Waals surface area (Å²) in [5.74, 6) is 0.589. The number of rotatable bonds is 4. The monoisotopic (exact) mass is 374 g/mol. The molecule has 0 spiro atoms. The number of hydrogen-bond acceptors (Lipinski definition) is 6. The lowest BCUT2D eigenvalue weighted by atomic mass is 10.1. The van der Waals surface area contributed by atoms with E-state index in [1.807, 2.05) is 0 Å². The highest BCUT2D eigenvalue weighted by Crippen LogP contribution is 2.27. The Labute approximate surface area is 159 Å². The van der Waals surface area contributed by atoms with Crippen LogP contribution in [0.3, 0.4) is 0 Å². The molecule has 2 aromatic heterocycles. The molecule has 0 radical (unpaired) electrons. The maximum Gasteiger partial charge on any atom is 0.269 e. The third-order valence-electron chi connectivity index (χ3n) is 4.25. The smallest absolute Gasteiger partial charge is 0.269 e. The molecule has 4 rings (SSSR count). The molecule has 0 saturated heterocycles. The number of fused-ring (bicyclic) bond motifs is 1. The second-order valence-corrected chi connectivity index (χ2v) is 6.10. The van der Waals surface area contributed by atoms with Gasteiger partial charge in [0.25, 0.3) is 11.6 Å². The molecule has 0 atom stereocenters. The highest BCUT2D eigenvalue weighted by molar-refractivity contribution is 6.06. The number of furan rings is 1. The van der Waals surface area contributed by atoms with Crippen molar-refractivity contribution in [1.29, 1.82) is 0 Å². The zero-order chi connectivity index (χ0) is 19.7. The number of carbonyl (C=O) groups is 1. The summed E-state index contributed by atoms with van der Waals surface area (Å²) in [6, 6.07) is 12.8. The minimum atomic E-state index is -0.468. The Morgan fingerprint density at radius 2 is 1.75 bits per heavy atom. The normalized spacial score (nSPS) is 10.8. The molecule has 1 amide bonds. The van der Waals surface area contributed by atoms with Crippen molar-refractivity contribution in [2.45, 2.75) is 6.92 Å². The van der Waals surface area contributed by atoms with E-state index in [9.17, 15) is 14.9 Å². The number of nitrogens with one attached hydrogen (secondary N) is 1. The van der Waals surface area contributed by atoms with Crippen LogP contribution in [0.25, 0.3) is 22.4 Å². The Bertz CT molecular complexity index is 1200. The van der Waals surface area contributed by atoms with Crippen molar-refractivity contribution in [3.63, 3.8) is 0 Å². The first kappa shape index (κ1) is 17.3. The van der Waals surface area contributed by atoms with E-state index in [-0.39, 0.29) is 11.6 Å². The predicted molar refractivity (Wildman–Crippen MR) is 103 cm³/mol. The van der Waals surface area contributed by atoms with Gasteiger partial charge in [0.05, 0.1) is 21.5 Å². The fourth-order valence-electron chi connectivity index (χ4n) is 2.84. The summed E-state index contributed by atoms with van der Waals surface area (Å²) in [4.78, 5) is 31.4. The Morgan fingerprint density at radius 1 is 1.04 bits per heavy atom. The van der Waals surface area contributed by atoms with Crippen molar-refractivity contribution >= 4 is 28.3 Å². The molecule has 0 aliphatic carbocycles. The number of aromatic nitrogens is 2. The van der Waals surface area contributed by atoms with Crippen LogP contribution in [0.5, 0.6) is 0 Å². The van der Waals surface area contributed by atoms with Gasteiger partial charge in [-0.3, -0.25) is 24.9 Å². The molecule has 0 aliphatic heterocycles. The first-order valence-corrected chi connectivity index (χ1v) is 8.38. The fraction of sp³-hybridized carbons (Fsp3) is 0.0500. The first-order chi connectivity index (χ1) is 13.5. The summed E-state index contributed by atoms with van der Waals surface area (Å²) < 4.78 is 5.68. The van der Waals surface area contributed by atoms with Gasteiger partial charge in [0, 0.05) is 35.8 Å². The number of anilines is 1. The lowest BCUT2D eigenvalue weighted by Gasteiger charge is -2.05. The molecule has 1 N–H and O–H groups in total. The molecule has 0 saturated carbocycles. The van der Waals surface area contributed by atoms with Gasteiger partial charge in [0.1, 0.15) is 11.5 Å². The number of nitro groups is 1. The second kappa shape index (κ2) is 6.92. The van der Waals surface area contributed by atoms with Gasteiger partial charge < -0.3 is 9.73 Å². The van der Waals surface area contributed by atoms with Crippen LogP contribution in [-0.4, -0.2) is 20.8 Å². The van der Waals surface area contributed by atoms with Crippen LogP contribution < -0.4 is 5.32 Å². The average Bonchev–Trinajstić information content (AvgIpc) is 3.10. The number of nitro benzene ring substituents is 1. The number of aryl methyl sites for hydroxylation is 1. The van der Waals surface area contributed by atoms with E-state index in [1.54, 1.807) is 55.7 Å². The molecule has 0 aliphatic rings. The molecular formula is C20H14N4O4. The van der Waals surface area contributed by atoms with Crippen molar-refractivity contribution in [2.75, 3.05) is 5.32 Å². The topological polar surface area (TPSA) is 111 Å². The van der Waals surface area contributed by atoms with Crippen molar-refractivity contribution < 1.29 is 14.1 Å². The molecular weight excluding hydrogens is 360 g/mol. The van der Waals surface area contributed by atoms with Gasteiger partial charge in [0.2, 0.25) is 0 Å². The SMILES string of the molecule is Cc1oc(-c2ccc([N+](=O)[O-])cc2)cc1C(=O)Nc1ccc2nccnc2c1. The zero-order valence-corrected chi connectivity index (χ0v) is 14.7. The van der Waals surface area contributed by atoms with Gasteiger partial charge in [0.15, 0.2) is 0 Å². The average molecular weight is 374 g/mol. The lowest BCUT2D eigenvalue weighted by molar-refractivity contribution is -0.384. The Hall–Kier alpha value is -4.07. The van der Waals surface area contributed by atoms with E-state index in [1.165, 1.54) is 12.1 Å². The lowest BCUT2D eigenvalue weighted by Crippen LogP contribution is -2.12. The molecule has 138 valence electrons. The highest BCUT2D eigenvalue weighted by atomic mass is 16.6. The molecule has 0 fully saturated rings. The zero-order valence-electron chi connectivity index (χ0n) is 14.7. The molecule has 8 heteroatoms. The van der Waals surface area contributed by atoms with E-state index in [0.717, 1.165) is 5.52 Å². The molecule has 0 bridgehead atoms. The van der Waals surface area contributed by atoms with Crippen molar-refractivity contribution in [3.8, 4) is 11.3 Å². The van der Waals surface area contributed by atoms with Crippen LogP contribution in [-0.2, 0) is 0 Å². The minimum Gasteiger partial charge on any atom is -0.461 e. The highest BCUT2D eigenvalue weighted by Gasteiger charge is 2.17. The van der Waals surface area contributed by atoms with Crippen LogP contribution in [0.15, 0.2) is 65.3 Å². The Balaban J connectivity index is 1.58. The van der Waals surface area contributed by atoms with Gasteiger partial charge in [-0.1, -0.05) is 0 Å². The maximum absolute atomic E-state index is 12.7. The number of benzene rings is 2. The number of amides is 1. The number of hydrogen-bond donors (Lipinski definition) is 1. The predicted octanol–water partition coefficient (Wildman–Crippen LogP) is 4.36. The molecule has 4 aromatic rings. The summed E-state index contributed by atoms with van der Waals surface area (Å²) in [6.45, 7) is 1.69. The molecule has 28 heavy (non-hydrogen) atoms. The molecule has 0 unspecified atom stereocenters. The van der Waals surface area contributed by atoms with Crippen LogP contribution in [0.2, 0.25) is 0 Å². The summed E-state index contributed by atoms with van der Waals surface area (Å²) in [5.41, 5.74) is 3.03. The van der Waals surface area contributed by atoms with E-state index in [4.69, 9.17) is 4.42 Å². The quantitative estimate of drug-likeness (QED) is 0.420. The van der Waals surface area contributed by atoms with Gasteiger partial charge in [-0.2, -0.15) is 0 Å². The van der Waals surface area contributed by atoms with E-state index >= 15 is 0 Å². The molecule has 2 heterocycles. The Morgan fingerprint density at radius 3 is 2.46 bits per heavy atom. The number of non-ortho nitro benzene ring substituents is 1. The summed E-state index contributed by atoms with van der Waals surface area (Å²) in [5, 5.41) is 13.6. The first-order valence-electron chi connectivity index (χ1n) is 8.38. The fourth-order valence-corrected chi connectivity index (χ4v) is 2.84. The van der Waals surface area contributed by atoms with Crippen molar-refractivity contribution in [2.24, 2.45) is 0 Å². The van der Waals surface area contributed by atoms with Gasteiger partial charge in [-0.05, 0) is 43.3 Å². The number of nitrogens with zero attached hydrogens (tertiary/aromatic N) is 3. The molecule has 8 nitrogen and oxygen atoms in total. The molecule has 2 aromatic carbocycles. The summed E-state index contributed by atoms with van der Waals surface area (Å²) in [6.07, 6.45) is 3.19. The minimum absolute atomic E-state index is 0.00982. The summed E-state index contributed by atoms with van der Waals surface area (Å²) >= 11 is 0. The van der Waals surface area contributed by atoms with Crippen LogP contribution in [0.1, 0.15) is 16.1 Å². The van der Waals surface area contributed by atoms with Crippen molar-refractivity contribution in [3.05, 3.63) is 82.4 Å². The van der Waals surface area contributed by atoms with Gasteiger partial charge in [-0.15, -0.1) is 0 Å². The van der Waals surface area contributed by atoms with E-state index in [0.29, 0.717) is 33.9 Å². The van der Waals surface area contributed by atoms with Gasteiger partial charge >= 0.3 is 0 Å². The van der Waals surface area contributed by atoms with E-state index < -0.39 is 4.92 Å². The Kier molecular flexibility index (Phi) is 4.29. The number of carbonyl (C=O) groups excluding carboxylic acids is 1. The standard InChI is InChI=1S/C20H14N4O4/c1-12-16(11-19(28-12)13-2-5-15(6-3-13)24(26)27)20(25)23-14-4-7-17-18(10-14)22-9-8-21-17/h2-11H,1H3,(H,23,25). The third kappa shape index (κ3) is 3.30. The van der Waals surface area contributed by atoms with Crippen LogP contribution in [0, 0.1) is 17.0 Å². The second-order valence-electron chi connectivity index (χ2n) is 6.10. The van der Waals surface area contributed by atoms with Crippen LogP contribution >= 0.6 is 0 Å². The third-order valence-corrected chi connectivity index (χ3v) is 4.25.